The number of hydrogen-bond donors (Lipinski definition) is 2. The lowest BCUT2D eigenvalue weighted by Gasteiger charge is -2.05. The average Bonchev–Trinajstić information content (AvgIpc) is 2.88. The predicted molar refractivity (Wildman–Crippen MR) is 71.3 cm³/mol. The number of nitrogens with zero attached hydrogens (tertiary/aromatic N) is 1. The lowest BCUT2D eigenvalue weighted by molar-refractivity contribution is 0.1000. The Labute approximate surface area is 116 Å². The van der Waals surface area contributed by atoms with Gasteiger partial charge in [0.25, 0.3) is 0 Å². The zero-order chi connectivity index (χ0) is 14.5. The van der Waals surface area contributed by atoms with E-state index < -0.39 is 11.7 Å². The van der Waals surface area contributed by atoms with Gasteiger partial charge in [-0.25, -0.2) is 9.37 Å². The molecule has 0 aliphatic carbocycles. The first-order chi connectivity index (χ1) is 9.60. The van der Waals surface area contributed by atoms with Crippen LogP contribution in [0.25, 0.3) is 0 Å². The van der Waals surface area contributed by atoms with Crippen LogP contribution in [-0.4, -0.2) is 10.9 Å². The van der Waals surface area contributed by atoms with E-state index in [0.29, 0.717) is 24.5 Å². The van der Waals surface area contributed by atoms with E-state index in [1.165, 1.54) is 12.1 Å². The normalized spacial score (nSPS) is 10.7. The molecule has 1 aromatic carbocycles. The molecule has 0 saturated carbocycles. The summed E-state index contributed by atoms with van der Waals surface area (Å²) in [4.78, 5) is 15.0. The minimum atomic E-state index is -0.643. The second-order valence-electron chi connectivity index (χ2n) is 4.35. The van der Waals surface area contributed by atoms with Gasteiger partial charge in [0, 0.05) is 24.1 Å². The maximum absolute atomic E-state index is 13.7. The summed E-state index contributed by atoms with van der Waals surface area (Å²) in [5, 5.41) is 3.03. The number of amides is 1. The largest absolute Gasteiger partial charge is 0.444 e. The van der Waals surface area contributed by atoms with Gasteiger partial charge >= 0.3 is 0 Å². The topological polar surface area (TPSA) is 81.1 Å². The van der Waals surface area contributed by atoms with Crippen LogP contribution in [-0.2, 0) is 19.5 Å². The summed E-state index contributed by atoms with van der Waals surface area (Å²) in [7, 11) is 0. The number of nitrogens with two attached hydrogens (primary N) is 1. The number of aromatic nitrogens is 1. The fraction of sp³-hybridized carbons (Fsp3) is 0.286. The molecule has 1 amide bonds. The van der Waals surface area contributed by atoms with Gasteiger partial charge in [0.2, 0.25) is 11.8 Å². The van der Waals surface area contributed by atoms with Gasteiger partial charge < -0.3 is 15.5 Å². The molecule has 20 heavy (non-hydrogen) atoms. The van der Waals surface area contributed by atoms with Crippen molar-refractivity contribution in [1.82, 2.24) is 10.3 Å². The molecule has 0 fully saturated rings. The molecule has 106 valence electrons. The molecule has 5 nitrogen and oxygen atoms in total. The first-order valence-corrected chi connectivity index (χ1v) is 6.32. The molecule has 3 N–H and O–H groups in total. The number of nitrogens with one attached hydrogen (secondary N) is 1. The minimum Gasteiger partial charge on any atom is -0.444 e. The zero-order valence-electron chi connectivity index (χ0n) is 11.1. The third-order valence-corrected chi connectivity index (χ3v) is 2.88. The average molecular weight is 277 g/mol. The molecule has 0 radical (unpaired) electrons. The Morgan fingerprint density at radius 1 is 1.45 bits per heavy atom. The molecule has 2 rings (SSSR count). The molecule has 0 saturated heterocycles. The van der Waals surface area contributed by atoms with Crippen LogP contribution < -0.4 is 11.1 Å². The molecule has 0 bridgehead atoms. The number of primary amides is 1. The summed E-state index contributed by atoms with van der Waals surface area (Å²) in [6.45, 7) is 2.71. The minimum absolute atomic E-state index is 0.159. The summed E-state index contributed by atoms with van der Waals surface area (Å²) in [5.41, 5.74) is 5.70. The summed E-state index contributed by atoms with van der Waals surface area (Å²) in [5.74, 6) is 0.278. The van der Waals surface area contributed by atoms with Crippen molar-refractivity contribution in [3.05, 3.63) is 53.0 Å². The molecule has 1 aromatic heterocycles. The molecule has 0 aliphatic heterocycles. The summed E-state index contributed by atoms with van der Waals surface area (Å²) in [6.07, 6.45) is 2.47. The first kappa shape index (κ1) is 14.2. The summed E-state index contributed by atoms with van der Waals surface area (Å²) >= 11 is 0. The highest BCUT2D eigenvalue weighted by Gasteiger charge is 2.07. The van der Waals surface area contributed by atoms with Gasteiger partial charge in [-0.05, 0) is 12.1 Å². The van der Waals surface area contributed by atoms with Crippen molar-refractivity contribution in [3.63, 3.8) is 0 Å². The Morgan fingerprint density at radius 3 is 2.85 bits per heavy atom. The summed E-state index contributed by atoms with van der Waals surface area (Å²) in [6, 6.07) is 4.18. The van der Waals surface area contributed by atoms with E-state index in [-0.39, 0.29) is 5.56 Å². The summed E-state index contributed by atoms with van der Waals surface area (Å²) < 4.78 is 19.1. The van der Waals surface area contributed by atoms with Gasteiger partial charge in [0.15, 0.2) is 0 Å². The highest BCUT2D eigenvalue weighted by Crippen LogP contribution is 2.10. The molecule has 0 aliphatic rings. The molecule has 2 aromatic rings. The van der Waals surface area contributed by atoms with Crippen molar-refractivity contribution in [2.24, 2.45) is 5.73 Å². The van der Waals surface area contributed by atoms with Crippen molar-refractivity contribution >= 4 is 5.91 Å². The third kappa shape index (κ3) is 3.42. The van der Waals surface area contributed by atoms with Crippen molar-refractivity contribution in [2.45, 2.75) is 26.4 Å². The number of oxazole rings is 1. The van der Waals surface area contributed by atoms with Gasteiger partial charge in [-0.1, -0.05) is 13.0 Å². The zero-order valence-corrected chi connectivity index (χ0v) is 11.1. The van der Waals surface area contributed by atoms with Crippen LogP contribution >= 0.6 is 0 Å². The Morgan fingerprint density at radius 2 is 2.25 bits per heavy atom. The number of benzene rings is 1. The molecule has 6 heteroatoms. The highest BCUT2D eigenvalue weighted by atomic mass is 19.1. The quantitative estimate of drug-likeness (QED) is 0.843. The first-order valence-electron chi connectivity index (χ1n) is 6.32. The number of halogens is 1. The fourth-order valence-corrected chi connectivity index (χ4v) is 1.74. The number of hydrogen-bond acceptors (Lipinski definition) is 4. The second-order valence-corrected chi connectivity index (χ2v) is 4.35. The smallest absolute Gasteiger partial charge is 0.248 e. The predicted octanol–water partition coefficient (Wildman–Crippen LogP) is 1.76. The Bertz CT molecular complexity index is 610. The lowest BCUT2D eigenvalue weighted by atomic mass is 10.1. The molecule has 1 heterocycles. The van der Waals surface area contributed by atoms with Crippen LogP contribution in [0.5, 0.6) is 0 Å². The van der Waals surface area contributed by atoms with Crippen LogP contribution in [0.3, 0.4) is 0 Å². The number of rotatable bonds is 6. The van der Waals surface area contributed by atoms with Gasteiger partial charge in [-0.3, -0.25) is 4.79 Å². The van der Waals surface area contributed by atoms with Crippen molar-refractivity contribution in [1.29, 1.82) is 0 Å². The molecular formula is C14H16FN3O2. The molecule has 0 atom stereocenters. The van der Waals surface area contributed by atoms with Crippen LogP contribution in [0.4, 0.5) is 4.39 Å². The Balaban J connectivity index is 1.92. The third-order valence-electron chi connectivity index (χ3n) is 2.88. The van der Waals surface area contributed by atoms with E-state index in [1.807, 2.05) is 6.92 Å². The molecule has 0 spiro atoms. The monoisotopic (exact) mass is 277 g/mol. The molecule has 0 unspecified atom stereocenters. The maximum Gasteiger partial charge on any atom is 0.248 e. The van der Waals surface area contributed by atoms with Crippen LogP contribution in [0, 0.1) is 5.82 Å². The van der Waals surface area contributed by atoms with E-state index in [2.05, 4.69) is 10.3 Å². The van der Waals surface area contributed by atoms with Gasteiger partial charge in [0.05, 0.1) is 12.7 Å². The van der Waals surface area contributed by atoms with Crippen LogP contribution in [0.15, 0.2) is 28.8 Å². The van der Waals surface area contributed by atoms with E-state index in [0.717, 1.165) is 18.2 Å². The van der Waals surface area contributed by atoms with Crippen molar-refractivity contribution < 1.29 is 13.6 Å². The molecular weight excluding hydrogens is 261 g/mol. The standard InChI is InChI=1S/C14H16FN3O2/c1-2-11-7-18-13(20-11)8-17-6-10-4-3-9(14(16)19)5-12(10)15/h3-5,7,17H,2,6,8H2,1H3,(H2,16,19). The van der Waals surface area contributed by atoms with Gasteiger partial charge in [0.1, 0.15) is 11.6 Å². The Hall–Kier alpha value is -2.21. The fourth-order valence-electron chi connectivity index (χ4n) is 1.74. The van der Waals surface area contributed by atoms with E-state index in [9.17, 15) is 9.18 Å². The SMILES string of the molecule is CCc1cnc(CNCc2ccc(C(N)=O)cc2F)o1. The van der Waals surface area contributed by atoms with Crippen LogP contribution in [0.1, 0.15) is 34.5 Å². The Kier molecular flexibility index (Phi) is 4.47. The van der Waals surface area contributed by atoms with Crippen molar-refractivity contribution in [3.8, 4) is 0 Å². The van der Waals surface area contributed by atoms with E-state index >= 15 is 0 Å². The van der Waals surface area contributed by atoms with Gasteiger partial charge in [-0.15, -0.1) is 0 Å². The number of carbonyl (C=O) groups is 1. The van der Waals surface area contributed by atoms with Crippen molar-refractivity contribution in [2.75, 3.05) is 0 Å². The number of carbonyl (C=O) groups excluding carboxylic acids is 1. The highest BCUT2D eigenvalue weighted by molar-refractivity contribution is 5.92. The van der Waals surface area contributed by atoms with E-state index in [1.54, 1.807) is 6.20 Å². The van der Waals surface area contributed by atoms with Crippen LogP contribution in [0.2, 0.25) is 0 Å². The van der Waals surface area contributed by atoms with E-state index in [4.69, 9.17) is 10.2 Å². The maximum atomic E-state index is 13.7. The second kappa shape index (κ2) is 6.29. The number of aryl methyl sites for hydroxylation is 1. The lowest BCUT2D eigenvalue weighted by Crippen LogP contribution is -2.15. The van der Waals surface area contributed by atoms with Gasteiger partial charge in [-0.2, -0.15) is 0 Å².